The first-order valence-corrected chi connectivity index (χ1v) is 7.87. The van der Waals surface area contributed by atoms with Crippen molar-refractivity contribution >= 4 is 23.5 Å². The van der Waals surface area contributed by atoms with Gasteiger partial charge in [0, 0.05) is 16.8 Å². The average Bonchev–Trinajstić information content (AvgIpc) is 2.49. The number of amides is 1. The van der Waals surface area contributed by atoms with Crippen molar-refractivity contribution < 1.29 is 18.0 Å². The van der Waals surface area contributed by atoms with E-state index in [9.17, 15) is 18.0 Å². The highest BCUT2D eigenvalue weighted by Gasteiger charge is 2.33. The highest BCUT2D eigenvalue weighted by Crippen LogP contribution is 2.33. The molecule has 0 atom stereocenters. The number of nitrogens with one attached hydrogen (secondary N) is 1. The van der Waals surface area contributed by atoms with E-state index in [0.717, 1.165) is 16.7 Å². The molecule has 0 saturated carbocycles. The van der Waals surface area contributed by atoms with Gasteiger partial charge in [0.15, 0.2) is 0 Å². The molecule has 0 spiro atoms. The molecule has 128 valence electrons. The van der Waals surface area contributed by atoms with E-state index in [-0.39, 0.29) is 5.82 Å². The third-order valence-corrected chi connectivity index (χ3v) is 4.26. The van der Waals surface area contributed by atoms with Crippen LogP contribution in [0.5, 0.6) is 0 Å². The summed E-state index contributed by atoms with van der Waals surface area (Å²) in [5.74, 6) is -0.578. The summed E-state index contributed by atoms with van der Waals surface area (Å²) in [6.45, 7) is 5.21. The summed E-state index contributed by atoms with van der Waals surface area (Å²) in [6, 6.07) is 7.04. The van der Waals surface area contributed by atoms with Crippen molar-refractivity contribution in [2.24, 2.45) is 0 Å². The van der Waals surface area contributed by atoms with E-state index in [4.69, 9.17) is 0 Å². The van der Waals surface area contributed by atoms with Crippen molar-refractivity contribution in [3.8, 4) is 0 Å². The highest BCUT2D eigenvalue weighted by atomic mass is 32.2. The van der Waals surface area contributed by atoms with Gasteiger partial charge in [-0.1, -0.05) is 6.07 Å². The second-order valence-electron chi connectivity index (χ2n) is 5.61. The Morgan fingerprint density at radius 3 is 2.46 bits per heavy atom. The van der Waals surface area contributed by atoms with Crippen LogP contribution in [0.25, 0.3) is 0 Å². The van der Waals surface area contributed by atoms with Crippen molar-refractivity contribution in [1.82, 2.24) is 9.97 Å². The molecule has 0 radical (unpaired) electrons. The summed E-state index contributed by atoms with van der Waals surface area (Å²) >= 11 is 1.27. The number of anilines is 1. The Kier molecular flexibility index (Phi) is 5.17. The molecule has 0 saturated heterocycles. The number of pyridine rings is 2. The Labute approximate surface area is 141 Å². The van der Waals surface area contributed by atoms with Gasteiger partial charge in [0.2, 0.25) is 5.91 Å². The van der Waals surface area contributed by atoms with E-state index in [2.05, 4.69) is 15.3 Å². The van der Waals surface area contributed by atoms with Crippen molar-refractivity contribution in [2.75, 3.05) is 5.32 Å². The third-order valence-electron chi connectivity index (χ3n) is 3.09. The Bertz CT molecular complexity index is 730. The number of carbonyl (C=O) groups excluding carboxylic acids is 1. The Morgan fingerprint density at radius 1 is 1.17 bits per heavy atom. The Balaban J connectivity index is 2.11. The van der Waals surface area contributed by atoms with Gasteiger partial charge in [-0.05, 0) is 45.0 Å². The first-order chi connectivity index (χ1) is 11.1. The zero-order valence-electron chi connectivity index (χ0n) is 13.3. The van der Waals surface area contributed by atoms with Gasteiger partial charge >= 0.3 is 6.18 Å². The molecule has 2 aromatic heterocycles. The molecule has 2 aromatic rings. The number of carbonyl (C=O) groups is 1. The van der Waals surface area contributed by atoms with Gasteiger partial charge in [-0.25, -0.2) is 4.98 Å². The molecule has 0 aliphatic carbocycles. The monoisotopic (exact) mass is 355 g/mol. The van der Waals surface area contributed by atoms with E-state index in [0.29, 0.717) is 0 Å². The lowest BCUT2D eigenvalue weighted by atomic mass is 10.2. The molecule has 0 bridgehead atoms. The Hall–Kier alpha value is -2.09. The first-order valence-electron chi connectivity index (χ1n) is 7.05. The van der Waals surface area contributed by atoms with Crippen LogP contribution in [-0.2, 0) is 11.0 Å². The molecule has 0 aliphatic rings. The normalized spacial score (nSPS) is 12.1. The number of alkyl halides is 3. The number of rotatable bonds is 4. The van der Waals surface area contributed by atoms with Gasteiger partial charge in [0.05, 0.1) is 4.75 Å². The maximum absolute atomic E-state index is 12.7. The third kappa shape index (κ3) is 4.70. The summed E-state index contributed by atoms with van der Waals surface area (Å²) in [5.41, 5.74) is -0.191. The molecule has 4 nitrogen and oxygen atoms in total. The predicted molar refractivity (Wildman–Crippen MR) is 86.8 cm³/mol. The average molecular weight is 355 g/mol. The summed E-state index contributed by atoms with van der Waals surface area (Å²) in [5, 5.41) is 2.44. The van der Waals surface area contributed by atoms with Gasteiger partial charge in [0.1, 0.15) is 11.5 Å². The number of halogens is 3. The standard InChI is InChI=1S/C16H16F3N3OS/c1-10-7-8-11(9-20-10)24-15(2,3)14(23)22-13-6-4-5-12(21-13)16(17,18)19/h4-9H,1-3H3,(H,21,22,23). The van der Waals surface area contributed by atoms with E-state index in [1.165, 1.54) is 23.9 Å². The van der Waals surface area contributed by atoms with Crippen molar-refractivity contribution in [3.63, 3.8) is 0 Å². The molecule has 0 aliphatic heterocycles. The molecule has 0 unspecified atom stereocenters. The Morgan fingerprint density at radius 2 is 1.88 bits per heavy atom. The first kappa shape index (κ1) is 18.3. The smallest absolute Gasteiger partial charge is 0.309 e. The van der Waals surface area contributed by atoms with Gasteiger partial charge < -0.3 is 5.32 Å². The van der Waals surface area contributed by atoms with Crippen LogP contribution in [0.15, 0.2) is 41.4 Å². The molecule has 8 heteroatoms. The molecule has 0 fully saturated rings. The van der Waals surface area contributed by atoms with Gasteiger partial charge in [-0.2, -0.15) is 13.2 Å². The largest absolute Gasteiger partial charge is 0.433 e. The SMILES string of the molecule is Cc1ccc(SC(C)(C)C(=O)Nc2cccc(C(F)(F)F)n2)cn1. The van der Waals surface area contributed by atoms with Crippen LogP contribution >= 0.6 is 11.8 Å². The fourth-order valence-corrected chi connectivity index (χ4v) is 2.76. The van der Waals surface area contributed by atoms with Crippen molar-refractivity contribution in [2.45, 2.75) is 36.6 Å². The maximum atomic E-state index is 12.7. The van der Waals surface area contributed by atoms with Crippen LogP contribution in [0.3, 0.4) is 0 Å². The molecule has 2 heterocycles. The zero-order chi connectivity index (χ0) is 18.0. The van der Waals surface area contributed by atoms with Crippen LogP contribution in [0.1, 0.15) is 25.2 Å². The van der Waals surface area contributed by atoms with E-state index >= 15 is 0 Å². The summed E-state index contributed by atoms with van der Waals surface area (Å²) in [7, 11) is 0. The second-order valence-corrected chi connectivity index (χ2v) is 7.30. The van der Waals surface area contributed by atoms with Crippen LogP contribution in [0, 0.1) is 6.92 Å². The van der Waals surface area contributed by atoms with Crippen LogP contribution in [-0.4, -0.2) is 20.6 Å². The number of hydrogen-bond acceptors (Lipinski definition) is 4. The van der Waals surface area contributed by atoms with Crippen molar-refractivity contribution in [1.29, 1.82) is 0 Å². The molecule has 1 amide bonds. The number of thioether (sulfide) groups is 1. The van der Waals surface area contributed by atoms with Crippen LogP contribution < -0.4 is 5.32 Å². The van der Waals surface area contributed by atoms with Gasteiger partial charge in [0.25, 0.3) is 0 Å². The topological polar surface area (TPSA) is 54.9 Å². The molecular weight excluding hydrogens is 339 g/mol. The maximum Gasteiger partial charge on any atom is 0.433 e. The van der Waals surface area contributed by atoms with E-state index in [1.807, 2.05) is 19.1 Å². The van der Waals surface area contributed by atoms with Crippen molar-refractivity contribution in [3.05, 3.63) is 47.9 Å². The summed E-state index contributed by atoms with van der Waals surface area (Å²) in [6.07, 6.45) is -2.91. The summed E-state index contributed by atoms with van der Waals surface area (Å²) in [4.78, 5) is 20.8. The fraction of sp³-hybridized carbons (Fsp3) is 0.312. The van der Waals surface area contributed by atoms with E-state index < -0.39 is 22.5 Å². The number of aromatic nitrogens is 2. The lowest BCUT2D eigenvalue weighted by Crippen LogP contribution is -2.34. The quantitative estimate of drug-likeness (QED) is 0.830. The lowest BCUT2D eigenvalue weighted by molar-refractivity contribution is -0.141. The molecular formula is C16H16F3N3OS. The highest BCUT2D eigenvalue weighted by molar-refractivity contribution is 8.01. The zero-order valence-corrected chi connectivity index (χ0v) is 14.1. The van der Waals surface area contributed by atoms with Crippen LogP contribution in [0.2, 0.25) is 0 Å². The number of aryl methyl sites for hydroxylation is 1. The molecule has 1 N–H and O–H groups in total. The minimum Gasteiger partial charge on any atom is -0.309 e. The van der Waals surface area contributed by atoms with Gasteiger partial charge in [-0.3, -0.25) is 9.78 Å². The van der Waals surface area contributed by atoms with E-state index in [1.54, 1.807) is 20.0 Å². The predicted octanol–water partition coefficient (Wildman–Crippen LogP) is 4.31. The minimum atomic E-state index is -4.56. The number of hydrogen-bond donors (Lipinski definition) is 1. The fourth-order valence-electron chi connectivity index (χ4n) is 1.78. The van der Waals surface area contributed by atoms with Crippen LogP contribution in [0.4, 0.5) is 19.0 Å². The summed E-state index contributed by atoms with van der Waals surface area (Å²) < 4.78 is 37.1. The molecule has 2 rings (SSSR count). The minimum absolute atomic E-state index is 0.134. The molecule has 0 aromatic carbocycles. The number of nitrogens with zero attached hydrogens (tertiary/aromatic N) is 2. The lowest BCUT2D eigenvalue weighted by Gasteiger charge is -2.22. The molecule has 24 heavy (non-hydrogen) atoms. The second kappa shape index (κ2) is 6.80. The van der Waals surface area contributed by atoms with Gasteiger partial charge in [-0.15, -0.1) is 11.8 Å².